The van der Waals surface area contributed by atoms with Crippen LogP contribution in [0.3, 0.4) is 0 Å². The number of nitrogens with zero attached hydrogens (tertiary/aromatic N) is 2. The summed E-state index contributed by atoms with van der Waals surface area (Å²) in [5.41, 5.74) is -0.203. The van der Waals surface area contributed by atoms with Gasteiger partial charge in [-0.25, -0.2) is 4.79 Å². The van der Waals surface area contributed by atoms with Crippen LogP contribution in [0.1, 0.15) is 64.2 Å². The molecule has 2 amide bonds. The van der Waals surface area contributed by atoms with Crippen LogP contribution in [0.4, 0.5) is 4.79 Å². The highest BCUT2D eigenvalue weighted by atomic mass is 16.5. The zero-order valence-electron chi connectivity index (χ0n) is 16.9. The van der Waals surface area contributed by atoms with E-state index in [9.17, 15) is 9.59 Å². The summed E-state index contributed by atoms with van der Waals surface area (Å²) in [5.74, 6) is 2.24. The second-order valence-corrected chi connectivity index (χ2v) is 10.1. The van der Waals surface area contributed by atoms with Crippen molar-refractivity contribution < 1.29 is 19.1 Å². The first-order chi connectivity index (χ1) is 13.6. The Morgan fingerprint density at radius 2 is 1.57 bits per heavy atom. The molecular formula is C22H34N2O4. The summed E-state index contributed by atoms with van der Waals surface area (Å²) in [4.78, 5) is 29.0. The van der Waals surface area contributed by atoms with Crippen LogP contribution >= 0.6 is 0 Å². The molecule has 28 heavy (non-hydrogen) atoms. The highest BCUT2D eigenvalue weighted by Gasteiger charge is 2.55. The minimum atomic E-state index is -0.203. The van der Waals surface area contributed by atoms with Gasteiger partial charge in [0.05, 0.1) is 18.1 Å². The molecule has 5 saturated carbocycles. The molecule has 0 N–H and O–H groups in total. The Hall–Kier alpha value is -1.30. The fraction of sp³-hybridized carbons (Fsp3) is 0.909. The minimum Gasteiger partial charge on any atom is -0.463 e. The van der Waals surface area contributed by atoms with E-state index in [1.807, 2.05) is 0 Å². The van der Waals surface area contributed by atoms with E-state index in [1.54, 1.807) is 9.80 Å². The number of hydrogen-bond donors (Lipinski definition) is 0. The van der Waals surface area contributed by atoms with Crippen molar-refractivity contribution >= 4 is 12.0 Å². The second-order valence-electron chi connectivity index (χ2n) is 10.1. The van der Waals surface area contributed by atoms with E-state index in [0.29, 0.717) is 39.1 Å². The summed E-state index contributed by atoms with van der Waals surface area (Å²) in [6.07, 6.45) is 12.1. The average Bonchev–Trinajstić information content (AvgIpc) is 3.29. The van der Waals surface area contributed by atoms with E-state index in [-0.39, 0.29) is 17.4 Å². The maximum Gasteiger partial charge on any atom is 0.322 e. The fourth-order valence-electron chi connectivity index (χ4n) is 6.97. The number of carbonyl (C=O) groups excluding carboxylic acids is 2. The zero-order valence-corrected chi connectivity index (χ0v) is 16.9. The molecule has 0 aromatic heterocycles. The lowest BCUT2D eigenvalue weighted by Gasteiger charge is -2.55. The number of hydrogen-bond acceptors (Lipinski definition) is 4. The summed E-state index contributed by atoms with van der Waals surface area (Å²) in [7, 11) is 0. The van der Waals surface area contributed by atoms with Gasteiger partial charge in [0.15, 0.2) is 0 Å². The van der Waals surface area contributed by atoms with Gasteiger partial charge in [0.2, 0.25) is 0 Å². The van der Waals surface area contributed by atoms with Crippen molar-refractivity contribution in [3.05, 3.63) is 0 Å². The SMILES string of the molecule is O=C1N(CCOC(=O)C23CC4CC(CC(C4)C2)C3)CCN1COC1CCCC1. The number of urea groups is 1. The molecule has 6 fully saturated rings. The number of amides is 2. The Labute approximate surface area is 167 Å². The topological polar surface area (TPSA) is 59.1 Å². The van der Waals surface area contributed by atoms with E-state index >= 15 is 0 Å². The molecule has 1 heterocycles. The third-order valence-electron chi connectivity index (χ3n) is 8.01. The Kier molecular flexibility index (Phi) is 5.02. The van der Waals surface area contributed by atoms with Crippen LogP contribution < -0.4 is 0 Å². The Bertz CT molecular complexity index is 580. The molecule has 1 aliphatic heterocycles. The highest BCUT2D eigenvalue weighted by Crippen LogP contribution is 2.60. The number of rotatable bonds is 7. The monoisotopic (exact) mass is 390 g/mol. The average molecular weight is 391 g/mol. The van der Waals surface area contributed by atoms with Crippen molar-refractivity contribution in [2.75, 3.05) is 33.0 Å². The van der Waals surface area contributed by atoms with Crippen molar-refractivity contribution in [1.82, 2.24) is 9.80 Å². The molecule has 5 aliphatic carbocycles. The molecule has 0 radical (unpaired) electrons. The molecule has 4 bridgehead atoms. The molecule has 0 unspecified atom stereocenters. The third kappa shape index (κ3) is 3.53. The van der Waals surface area contributed by atoms with Crippen molar-refractivity contribution in [1.29, 1.82) is 0 Å². The van der Waals surface area contributed by atoms with Gasteiger partial charge < -0.3 is 14.4 Å². The molecule has 0 aromatic rings. The van der Waals surface area contributed by atoms with Gasteiger partial charge in [-0.15, -0.1) is 0 Å². The third-order valence-corrected chi connectivity index (χ3v) is 8.01. The second kappa shape index (κ2) is 7.51. The smallest absolute Gasteiger partial charge is 0.322 e. The van der Waals surface area contributed by atoms with Crippen LogP contribution in [0.2, 0.25) is 0 Å². The van der Waals surface area contributed by atoms with Crippen LogP contribution in [-0.2, 0) is 14.3 Å². The number of ether oxygens (including phenoxy) is 2. The first kappa shape index (κ1) is 18.7. The minimum absolute atomic E-state index is 0.0136. The van der Waals surface area contributed by atoms with Gasteiger partial charge in [0, 0.05) is 13.1 Å². The molecule has 6 nitrogen and oxygen atoms in total. The largest absolute Gasteiger partial charge is 0.463 e. The number of carbonyl (C=O) groups is 2. The van der Waals surface area contributed by atoms with Crippen LogP contribution in [-0.4, -0.2) is 60.9 Å². The van der Waals surface area contributed by atoms with E-state index in [2.05, 4.69) is 0 Å². The Balaban J connectivity index is 1.07. The molecule has 0 atom stereocenters. The van der Waals surface area contributed by atoms with Gasteiger partial charge >= 0.3 is 12.0 Å². The van der Waals surface area contributed by atoms with E-state index < -0.39 is 0 Å². The van der Waals surface area contributed by atoms with Crippen LogP contribution in [0, 0.1) is 23.2 Å². The Morgan fingerprint density at radius 3 is 2.21 bits per heavy atom. The normalized spacial score (nSPS) is 37.3. The molecule has 1 saturated heterocycles. The van der Waals surface area contributed by atoms with Crippen LogP contribution in [0.5, 0.6) is 0 Å². The van der Waals surface area contributed by atoms with Crippen LogP contribution in [0.25, 0.3) is 0 Å². The van der Waals surface area contributed by atoms with Gasteiger partial charge in [-0.3, -0.25) is 9.69 Å². The molecule has 156 valence electrons. The lowest BCUT2D eigenvalue weighted by atomic mass is 9.49. The maximum atomic E-state index is 12.9. The predicted octanol–water partition coefficient (Wildman–Crippen LogP) is 3.40. The first-order valence-electron chi connectivity index (χ1n) is 11.4. The lowest BCUT2D eigenvalue weighted by molar-refractivity contribution is -0.171. The molecular weight excluding hydrogens is 356 g/mol. The van der Waals surface area contributed by atoms with Gasteiger partial charge in [-0.05, 0) is 69.1 Å². The van der Waals surface area contributed by atoms with Gasteiger partial charge in [-0.2, -0.15) is 0 Å². The zero-order chi connectivity index (χ0) is 19.1. The van der Waals surface area contributed by atoms with Crippen LogP contribution in [0.15, 0.2) is 0 Å². The predicted molar refractivity (Wildman–Crippen MR) is 103 cm³/mol. The number of esters is 1. The van der Waals surface area contributed by atoms with Crippen molar-refractivity contribution in [3.8, 4) is 0 Å². The van der Waals surface area contributed by atoms with E-state index in [0.717, 1.165) is 49.9 Å². The Morgan fingerprint density at radius 1 is 0.964 bits per heavy atom. The molecule has 0 spiro atoms. The summed E-state index contributed by atoms with van der Waals surface area (Å²) >= 11 is 0. The molecule has 6 heteroatoms. The first-order valence-corrected chi connectivity index (χ1v) is 11.4. The lowest BCUT2D eigenvalue weighted by Crippen LogP contribution is -2.50. The quantitative estimate of drug-likeness (QED) is 0.625. The summed E-state index contributed by atoms with van der Waals surface area (Å²) < 4.78 is 11.6. The highest BCUT2D eigenvalue weighted by molar-refractivity contribution is 5.78. The van der Waals surface area contributed by atoms with Crippen molar-refractivity contribution in [2.45, 2.75) is 70.3 Å². The fourth-order valence-corrected chi connectivity index (χ4v) is 6.97. The molecule has 6 aliphatic rings. The van der Waals surface area contributed by atoms with E-state index in [1.165, 1.54) is 32.1 Å². The van der Waals surface area contributed by atoms with Gasteiger partial charge in [-0.1, -0.05) is 12.8 Å². The standard InChI is InChI=1S/C22H34N2O4/c25-20(22-12-16-9-17(13-22)11-18(10-16)14-22)27-8-7-23-5-6-24(21(23)26)15-28-19-3-1-2-4-19/h16-19H,1-15H2. The summed E-state index contributed by atoms with van der Waals surface area (Å²) in [5, 5.41) is 0. The molecule has 6 rings (SSSR count). The summed E-state index contributed by atoms with van der Waals surface area (Å²) in [6, 6.07) is 0.0175. The summed E-state index contributed by atoms with van der Waals surface area (Å²) in [6.45, 7) is 2.61. The van der Waals surface area contributed by atoms with Gasteiger partial charge in [0.1, 0.15) is 13.3 Å². The molecule has 0 aromatic carbocycles. The van der Waals surface area contributed by atoms with Crippen molar-refractivity contribution in [3.63, 3.8) is 0 Å². The van der Waals surface area contributed by atoms with Crippen molar-refractivity contribution in [2.24, 2.45) is 23.2 Å². The maximum absolute atomic E-state index is 12.9. The van der Waals surface area contributed by atoms with E-state index in [4.69, 9.17) is 9.47 Å². The van der Waals surface area contributed by atoms with Gasteiger partial charge in [0.25, 0.3) is 0 Å².